The number of likely N-dealkylation sites (N-methyl/N-ethyl adjacent to an activating group) is 1. The highest BCUT2D eigenvalue weighted by atomic mass is 32.2. The quantitative estimate of drug-likeness (QED) is 0.671. The number of sulfonamides is 1. The number of carbonyl (C=O) groups is 2. The Morgan fingerprint density at radius 2 is 1.88 bits per heavy atom. The number of para-hydroxylation sites is 1. The third-order valence-electron chi connectivity index (χ3n) is 6.71. The first-order chi connectivity index (χ1) is 15.7. The molecule has 8 heteroatoms. The molecule has 1 atom stereocenters. The second-order valence-electron chi connectivity index (χ2n) is 9.00. The first-order valence-electron chi connectivity index (χ1n) is 11.5. The maximum Gasteiger partial charge on any atom is 0.243 e. The van der Waals surface area contributed by atoms with Gasteiger partial charge in [0.2, 0.25) is 21.8 Å². The third-order valence-corrected chi connectivity index (χ3v) is 8.50. The number of amides is 2. The average molecular weight is 470 g/mol. The molecule has 176 valence electrons. The Morgan fingerprint density at radius 1 is 1.15 bits per heavy atom. The van der Waals surface area contributed by atoms with Crippen molar-refractivity contribution >= 4 is 33.2 Å². The van der Waals surface area contributed by atoms with Crippen LogP contribution in [0.25, 0.3) is 0 Å². The number of carbonyl (C=O) groups excluding carboxylic acids is 2. The third kappa shape index (κ3) is 4.54. The zero-order valence-electron chi connectivity index (χ0n) is 19.4. The summed E-state index contributed by atoms with van der Waals surface area (Å²) in [6, 6.07) is 12.4. The van der Waals surface area contributed by atoms with E-state index >= 15 is 0 Å². The molecule has 0 aromatic heterocycles. The summed E-state index contributed by atoms with van der Waals surface area (Å²) < 4.78 is 27.4. The second-order valence-corrected chi connectivity index (χ2v) is 11.0. The highest BCUT2D eigenvalue weighted by molar-refractivity contribution is 7.89. The van der Waals surface area contributed by atoms with Gasteiger partial charge in [-0.2, -0.15) is 4.31 Å². The summed E-state index contributed by atoms with van der Waals surface area (Å²) in [7, 11) is -2.45. The van der Waals surface area contributed by atoms with E-state index in [0.717, 1.165) is 46.8 Å². The van der Waals surface area contributed by atoms with Crippen LogP contribution in [0.3, 0.4) is 0 Å². The van der Waals surface area contributed by atoms with Crippen molar-refractivity contribution in [2.24, 2.45) is 5.92 Å². The van der Waals surface area contributed by atoms with Crippen molar-refractivity contribution in [3.05, 3.63) is 53.6 Å². The minimum Gasteiger partial charge on any atom is -0.325 e. The monoisotopic (exact) mass is 469 g/mol. The molecule has 2 amide bonds. The molecular formula is C25H31N3O4S. The molecule has 1 aliphatic carbocycles. The first-order valence-corrected chi connectivity index (χ1v) is 13.0. The first kappa shape index (κ1) is 23.4. The van der Waals surface area contributed by atoms with Gasteiger partial charge in [-0.25, -0.2) is 8.42 Å². The lowest BCUT2D eigenvalue weighted by Gasteiger charge is -2.32. The average Bonchev–Trinajstić information content (AvgIpc) is 3.07. The van der Waals surface area contributed by atoms with Crippen LogP contribution in [0, 0.1) is 5.92 Å². The number of fused-ring (bicyclic) bond motifs is 1. The van der Waals surface area contributed by atoms with Crippen LogP contribution in [0.5, 0.6) is 0 Å². The van der Waals surface area contributed by atoms with Gasteiger partial charge in [-0.05, 0) is 68.0 Å². The fourth-order valence-electron chi connectivity index (χ4n) is 4.56. The van der Waals surface area contributed by atoms with Crippen molar-refractivity contribution in [3.63, 3.8) is 0 Å². The molecule has 7 nitrogen and oxygen atoms in total. The maximum atomic E-state index is 13.2. The van der Waals surface area contributed by atoms with E-state index in [2.05, 4.69) is 5.32 Å². The molecule has 1 aliphatic heterocycles. The number of aryl methyl sites for hydroxylation is 1. The zero-order valence-corrected chi connectivity index (χ0v) is 20.2. The van der Waals surface area contributed by atoms with Crippen LogP contribution in [0.15, 0.2) is 47.4 Å². The Kier molecular flexibility index (Phi) is 6.59. The van der Waals surface area contributed by atoms with Crippen molar-refractivity contribution < 1.29 is 18.0 Å². The molecular weight excluding hydrogens is 438 g/mol. The van der Waals surface area contributed by atoms with E-state index in [1.165, 1.54) is 13.1 Å². The standard InChI is InChI=1S/C25H31N3O4S/c1-4-18-8-5-6-11-22(18)26-24(29)16-27(3)33(31,32)21-12-13-23-20(15-21)14-17(2)28(23)25(30)19-9-7-10-19/h5-6,8,11-13,15,17,19H,4,7,9-10,14,16H2,1-3H3,(H,26,29)/t17-/m0/s1. The molecule has 0 bridgehead atoms. The summed E-state index contributed by atoms with van der Waals surface area (Å²) in [6.07, 6.45) is 4.33. The van der Waals surface area contributed by atoms with Crippen molar-refractivity contribution in [1.29, 1.82) is 0 Å². The van der Waals surface area contributed by atoms with Gasteiger partial charge >= 0.3 is 0 Å². The number of benzene rings is 2. The summed E-state index contributed by atoms with van der Waals surface area (Å²) in [4.78, 5) is 27.4. The predicted molar refractivity (Wildman–Crippen MR) is 129 cm³/mol. The van der Waals surface area contributed by atoms with Crippen LogP contribution in [0.2, 0.25) is 0 Å². The number of rotatable bonds is 7. The van der Waals surface area contributed by atoms with Crippen LogP contribution in [0.1, 0.15) is 44.2 Å². The van der Waals surface area contributed by atoms with E-state index in [1.54, 1.807) is 12.1 Å². The van der Waals surface area contributed by atoms with Gasteiger partial charge in [0.25, 0.3) is 0 Å². The molecule has 0 spiro atoms. The molecule has 0 unspecified atom stereocenters. The smallest absolute Gasteiger partial charge is 0.243 e. The highest BCUT2D eigenvalue weighted by Crippen LogP contribution is 2.38. The minimum atomic E-state index is -3.86. The summed E-state index contributed by atoms with van der Waals surface area (Å²) >= 11 is 0. The summed E-state index contributed by atoms with van der Waals surface area (Å²) in [5.74, 6) is -0.164. The van der Waals surface area contributed by atoms with E-state index in [9.17, 15) is 18.0 Å². The van der Waals surface area contributed by atoms with E-state index in [4.69, 9.17) is 0 Å². The van der Waals surface area contributed by atoms with Crippen molar-refractivity contribution in [2.45, 2.75) is 56.9 Å². The lowest BCUT2D eigenvalue weighted by atomic mass is 9.84. The SMILES string of the molecule is CCc1ccccc1NC(=O)CN(C)S(=O)(=O)c1ccc2c(c1)C[C@H](C)N2C(=O)C1CCC1. The Labute approximate surface area is 195 Å². The van der Waals surface area contributed by atoms with Gasteiger partial charge < -0.3 is 10.2 Å². The van der Waals surface area contributed by atoms with Gasteiger partial charge in [-0.15, -0.1) is 0 Å². The molecule has 2 aromatic rings. The number of nitrogens with one attached hydrogen (secondary N) is 1. The molecule has 2 aliphatic rings. The predicted octanol–water partition coefficient (Wildman–Crippen LogP) is 3.59. The lowest BCUT2D eigenvalue weighted by molar-refractivity contribution is -0.125. The molecule has 1 saturated carbocycles. The van der Waals surface area contributed by atoms with Crippen LogP contribution in [-0.4, -0.2) is 44.2 Å². The fourth-order valence-corrected chi connectivity index (χ4v) is 5.74. The Hall–Kier alpha value is -2.71. The molecule has 1 N–H and O–H groups in total. The summed E-state index contributed by atoms with van der Waals surface area (Å²) in [5.41, 5.74) is 3.34. The van der Waals surface area contributed by atoms with Gasteiger partial charge in [-0.1, -0.05) is 31.5 Å². The molecule has 0 saturated heterocycles. The largest absolute Gasteiger partial charge is 0.325 e. The van der Waals surface area contributed by atoms with E-state index in [0.29, 0.717) is 12.1 Å². The lowest BCUT2D eigenvalue weighted by Crippen LogP contribution is -2.42. The van der Waals surface area contributed by atoms with Crippen molar-refractivity contribution in [2.75, 3.05) is 23.8 Å². The molecule has 2 aromatic carbocycles. The molecule has 4 rings (SSSR count). The van der Waals surface area contributed by atoms with E-state index in [1.807, 2.05) is 43.0 Å². The van der Waals surface area contributed by atoms with Gasteiger partial charge in [-0.3, -0.25) is 9.59 Å². The Morgan fingerprint density at radius 3 is 2.55 bits per heavy atom. The summed E-state index contributed by atoms with van der Waals surface area (Å²) in [5, 5.41) is 2.81. The molecule has 1 fully saturated rings. The van der Waals surface area contributed by atoms with Crippen molar-refractivity contribution in [1.82, 2.24) is 4.31 Å². The van der Waals surface area contributed by atoms with E-state index < -0.39 is 15.9 Å². The number of anilines is 2. The van der Waals surface area contributed by atoms with Crippen LogP contribution in [0.4, 0.5) is 11.4 Å². The highest BCUT2D eigenvalue weighted by Gasteiger charge is 2.37. The number of nitrogens with zero attached hydrogens (tertiary/aromatic N) is 2. The van der Waals surface area contributed by atoms with E-state index in [-0.39, 0.29) is 29.3 Å². The van der Waals surface area contributed by atoms with Gasteiger partial charge in [0, 0.05) is 30.4 Å². The zero-order chi connectivity index (χ0) is 23.8. The minimum absolute atomic E-state index is 0.00759. The number of hydrogen-bond donors (Lipinski definition) is 1. The van der Waals surface area contributed by atoms with Crippen LogP contribution in [-0.2, 0) is 32.5 Å². The number of hydrogen-bond acceptors (Lipinski definition) is 4. The molecule has 33 heavy (non-hydrogen) atoms. The topological polar surface area (TPSA) is 86.8 Å². The van der Waals surface area contributed by atoms with Gasteiger partial charge in [0.05, 0.1) is 11.4 Å². The van der Waals surface area contributed by atoms with Crippen molar-refractivity contribution in [3.8, 4) is 0 Å². The van der Waals surface area contributed by atoms with Gasteiger partial charge in [0.15, 0.2) is 0 Å². The normalized spacial score (nSPS) is 18.2. The van der Waals surface area contributed by atoms with Gasteiger partial charge in [0.1, 0.15) is 0 Å². The second kappa shape index (κ2) is 9.27. The van der Waals surface area contributed by atoms with Crippen LogP contribution < -0.4 is 10.2 Å². The molecule has 1 heterocycles. The fraction of sp³-hybridized carbons (Fsp3) is 0.440. The Bertz CT molecular complexity index is 1170. The van der Waals surface area contributed by atoms with Crippen LogP contribution >= 0.6 is 0 Å². The molecule has 0 radical (unpaired) electrons. The Balaban J connectivity index is 1.48. The maximum absolute atomic E-state index is 13.2. The summed E-state index contributed by atoms with van der Waals surface area (Å²) in [6.45, 7) is 3.70.